The van der Waals surface area contributed by atoms with E-state index in [9.17, 15) is 9.18 Å². The van der Waals surface area contributed by atoms with Crippen molar-refractivity contribution in [3.63, 3.8) is 0 Å². The van der Waals surface area contributed by atoms with E-state index in [1.807, 2.05) is 11.8 Å². The van der Waals surface area contributed by atoms with E-state index in [1.54, 1.807) is 29.2 Å². The molecular weight excluding hydrogens is 383 g/mol. The van der Waals surface area contributed by atoms with Gasteiger partial charge in [-0.3, -0.25) is 0 Å². The molecule has 0 unspecified atom stereocenters. The molecule has 150 valence electrons. The van der Waals surface area contributed by atoms with Crippen LogP contribution in [0.25, 0.3) is 0 Å². The Morgan fingerprint density at radius 1 is 1.29 bits per heavy atom. The van der Waals surface area contributed by atoms with Gasteiger partial charge in [0.15, 0.2) is 11.6 Å². The molecule has 0 bridgehead atoms. The smallest absolute Gasteiger partial charge is 0.321 e. The molecule has 0 radical (unpaired) electrons. The number of nitrogens with one attached hydrogen (secondary N) is 3. The summed E-state index contributed by atoms with van der Waals surface area (Å²) in [6.45, 7) is 1.90. The molecule has 1 aromatic carbocycles. The van der Waals surface area contributed by atoms with E-state index in [4.69, 9.17) is 5.11 Å². The topological polar surface area (TPSA) is 102 Å². The highest BCUT2D eigenvalue weighted by atomic mass is 32.2. The summed E-state index contributed by atoms with van der Waals surface area (Å²) in [4.78, 5) is 22.2. The summed E-state index contributed by atoms with van der Waals surface area (Å²) >= 11 is 1.84. The summed E-state index contributed by atoms with van der Waals surface area (Å²) < 4.78 is 13.8. The first-order valence-corrected chi connectivity index (χ1v) is 10.2. The summed E-state index contributed by atoms with van der Waals surface area (Å²) in [5.41, 5.74) is 1.32. The zero-order valence-electron chi connectivity index (χ0n) is 15.3. The van der Waals surface area contributed by atoms with Crippen molar-refractivity contribution in [2.75, 3.05) is 53.7 Å². The third-order valence-electron chi connectivity index (χ3n) is 4.04. The van der Waals surface area contributed by atoms with Gasteiger partial charge in [0.25, 0.3) is 0 Å². The van der Waals surface area contributed by atoms with Crippen LogP contribution in [0.3, 0.4) is 0 Å². The Labute approximate surface area is 166 Å². The van der Waals surface area contributed by atoms with Gasteiger partial charge in [-0.25, -0.2) is 14.2 Å². The van der Waals surface area contributed by atoms with Gasteiger partial charge in [-0.1, -0.05) is 6.07 Å². The number of aromatic nitrogens is 2. The molecular formula is C18H23FN6O2S. The van der Waals surface area contributed by atoms with Gasteiger partial charge in [0.1, 0.15) is 0 Å². The molecule has 3 rings (SSSR count). The average molecular weight is 406 g/mol. The fraction of sp³-hybridized carbons (Fsp3) is 0.389. The first-order chi connectivity index (χ1) is 13.7. The number of amides is 2. The van der Waals surface area contributed by atoms with E-state index in [0.717, 1.165) is 30.8 Å². The van der Waals surface area contributed by atoms with Gasteiger partial charge in [-0.2, -0.15) is 16.7 Å². The van der Waals surface area contributed by atoms with Crippen molar-refractivity contribution >= 4 is 40.9 Å². The molecule has 4 N–H and O–H groups in total. The number of anilines is 4. The highest BCUT2D eigenvalue weighted by Gasteiger charge is 2.16. The predicted octanol–water partition coefficient (Wildman–Crippen LogP) is 2.73. The number of aliphatic hydroxyl groups is 1. The monoisotopic (exact) mass is 406 g/mol. The van der Waals surface area contributed by atoms with Crippen molar-refractivity contribution in [3.05, 3.63) is 36.3 Å². The predicted molar refractivity (Wildman–Crippen MR) is 110 cm³/mol. The number of nitrogens with zero attached hydrogens (tertiary/aromatic N) is 3. The zero-order chi connectivity index (χ0) is 19.8. The quantitative estimate of drug-likeness (QED) is 0.524. The number of urea groups is 1. The number of benzene rings is 1. The lowest BCUT2D eigenvalue weighted by molar-refractivity contribution is 0.217. The SMILES string of the molecule is O=C(Nc1cccc(Nc2ncc(F)c(NCCCO)n2)c1)N1CCSCC1. The van der Waals surface area contributed by atoms with Crippen molar-refractivity contribution < 1.29 is 14.3 Å². The van der Waals surface area contributed by atoms with E-state index in [1.165, 1.54) is 0 Å². The third kappa shape index (κ3) is 5.70. The Balaban J connectivity index is 1.64. The molecule has 1 aromatic heterocycles. The van der Waals surface area contributed by atoms with Gasteiger partial charge in [-0.15, -0.1) is 0 Å². The number of aliphatic hydroxyl groups excluding tert-OH is 1. The minimum absolute atomic E-state index is 0.0135. The fourth-order valence-electron chi connectivity index (χ4n) is 2.61. The number of rotatable bonds is 7. The highest BCUT2D eigenvalue weighted by Crippen LogP contribution is 2.20. The molecule has 0 spiro atoms. The van der Waals surface area contributed by atoms with Crippen LogP contribution in [0.5, 0.6) is 0 Å². The molecule has 0 saturated carbocycles. The van der Waals surface area contributed by atoms with Gasteiger partial charge in [0.2, 0.25) is 5.95 Å². The Bertz CT molecular complexity index is 803. The minimum Gasteiger partial charge on any atom is -0.396 e. The Hall–Kier alpha value is -2.59. The molecule has 2 amide bonds. The summed E-state index contributed by atoms with van der Waals surface area (Å²) in [6.07, 6.45) is 1.57. The zero-order valence-corrected chi connectivity index (χ0v) is 16.1. The molecule has 8 nitrogen and oxygen atoms in total. The molecule has 28 heavy (non-hydrogen) atoms. The summed E-state index contributed by atoms with van der Waals surface area (Å²) in [5, 5.41) is 17.5. The van der Waals surface area contributed by atoms with Crippen molar-refractivity contribution in [1.82, 2.24) is 14.9 Å². The number of carbonyl (C=O) groups excluding carboxylic acids is 1. The van der Waals surface area contributed by atoms with E-state index in [2.05, 4.69) is 25.9 Å². The molecule has 2 heterocycles. The van der Waals surface area contributed by atoms with Crippen molar-refractivity contribution in [3.8, 4) is 0 Å². The second kappa shape index (κ2) is 10.1. The summed E-state index contributed by atoms with van der Waals surface area (Å²) in [5.74, 6) is 1.63. The van der Waals surface area contributed by atoms with Crippen molar-refractivity contribution in [2.24, 2.45) is 0 Å². The number of carbonyl (C=O) groups is 1. The lowest BCUT2D eigenvalue weighted by Crippen LogP contribution is -2.40. The minimum atomic E-state index is -0.566. The number of halogens is 1. The van der Waals surface area contributed by atoms with E-state index < -0.39 is 5.82 Å². The lowest BCUT2D eigenvalue weighted by atomic mass is 10.3. The van der Waals surface area contributed by atoms with Gasteiger partial charge in [-0.05, 0) is 24.6 Å². The molecule has 10 heteroatoms. The second-order valence-electron chi connectivity index (χ2n) is 6.13. The van der Waals surface area contributed by atoms with Gasteiger partial charge < -0.3 is 26.0 Å². The molecule has 1 fully saturated rings. The lowest BCUT2D eigenvalue weighted by Gasteiger charge is -2.26. The van der Waals surface area contributed by atoms with Gasteiger partial charge >= 0.3 is 6.03 Å². The van der Waals surface area contributed by atoms with Crippen LogP contribution in [0.1, 0.15) is 6.42 Å². The van der Waals surface area contributed by atoms with Crippen LogP contribution in [0.4, 0.5) is 32.3 Å². The van der Waals surface area contributed by atoms with Crippen LogP contribution >= 0.6 is 11.8 Å². The van der Waals surface area contributed by atoms with Gasteiger partial charge in [0, 0.05) is 49.1 Å². The van der Waals surface area contributed by atoms with E-state index in [0.29, 0.717) is 24.3 Å². The van der Waals surface area contributed by atoms with Crippen LogP contribution in [0, 0.1) is 5.82 Å². The Kier molecular flexibility index (Phi) is 7.26. The van der Waals surface area contributed by atoms with E-state index in [-0.39, 0.29) is 24.4 Å². The molecule has 1 aliphatic rings. The van der Waals surface area contributed by atoms with Crippen molar-refractivity contribution in [2.45, 2.75) is 6.42 Å². The molecule has 1 aliphatic heterocycles. The third-order valence-corrected chi connectivity index (χ3v) is 4.98. The number of hydrogen-bond acceptors (Lipinski definition) is 7. The Morgan fingerprint density at radius 3 is 2.86 bits per heavy atom. The maximum Gasteiger partial charge on any atom is 0.321 e. The van der Waals surface area contributed by atoms with Crippen LogP contribution < -0.4 is 16.0 Å². The van der Waals surface area contributed by atoms with Crippen LogP contribution in [-0.4, -0.2) is 63.8 Å². The normalized spacial score (nSPS) is 13.9. The standard InChI is InChI=1S/C18H23FN6O2S/c19-15-12-21-17(24-16(15)20-5-2-8-26)22-13-3-1-4-14(11-13)23-18(27)25-6-9-28-10-7-25/h1,3-4,11-12,26H,2,5-10H2,(H,23,27)(H2,20,21,22,24). The van der Waals surface area contributed by atoms with Crippen LogP contribution in [-0.2, 0) is 0 Å². The second-order valence-corrected chi connectivity index (χ2v) is 7.35. The molecule has 2 aromatic rings. The highest BCUT2D eigenvalue weighted by molar-refractivity contribution is 7.99. The number of hydrogen-bond donors (Lipinski definition) is 4. The largest absolute Gasteiger partial charge is 0.396 e. The van der Waals surface area contributed by atoms with Crippen molar-refractivity contribution in [1.29, 1.82) is 0 Å². The summed E-state index contributed by atoms with van der Waals surface area (Å²) in [6, 6.07) is 7.05. The summed E-state index contributed by atoms with van der Waals surface area (Å²) in [7, 11) is 0. The maximum atomic E-state index is 13.8. The first-order valence-electron chi connectivity index (χ1n) is 9.04. The average Bonchev–Trinajstić information content (AvgIpc) is 2.71. The fourth-order valence-corrected chi connectivity index (χ4v) is 3.51. The molecule has 0 aliphatic carbocycles. The Morgan fingerprint density at radius 2 is 2.07 bits per heavy atom. The molecule has 1 saturated heterocycles. The maximum absolute atomic E-state index is 13.8. The van der Waals surface area contributed by atoms with Gasteiger partial charge in [0.05, 0.1) is 6.20 Å². The van der Waals surface area contributed by atoms with Crippen LogP contribution in [0.2, 0.25) is 0 Å². The first kappa shape index (κ1) is 20.2. The molecule has 0 atom stereocenters. The van der Waals surface area contributed by atoms with E-state index >= 15 is 0 Å². The number of thioether (sulfide) groups is 1. The van der Waals surface area contributed by atoms with Crippen LogP contribution in [0.15, 0.2) is 30.5 Å².